The molecule has 0 aromatic carbocycles. The van der Waals surface area contributed by atoms with Crippen molar-refractivity contribution in [2.45, 2.75) is 180 Å². The van der Waals surface area contributed by atoms with Crippen molar-refractivity contribution in [2.75, 3.05) is 30.3 Å². The number of ether oxygens (including phenoxy) is 3. The maximum atomic E-state index is 13.5. The maximum absolute atomic E-state index is 13.5. The van der Waals surface area contributed by atoms with Crippen molar-refractivity contribution in [3.63, 3.8) is 0 Å². The standard InChI is InChI=1S/C39H68N4O18S3.N2/c1-18-26(47)29(50)32(53)37(59-18)62-15-10-23(44)40-13-6-4-8-21(42-25(46)12-17-64-39-34(55)31(52)28(49)20(3)61-39)35(56)43-22(36(57)58)9-5-7-14-41-24(45)11-16-63-38-33(54)30(51)27(48)19(2)60-38;1-2/h18-22,26-34,37-39,47-55H,4-17H2,1-3H3,(H,40,44)(H,41,45)(H,42,46)(H,43,56)(H,57,58);/t18-,19-,20-,21-,22-,26+,27+,28+,29+,30+,31+,32-,33-,34-,37+,38+,39+;/m0./s1. The number of carbonyl (C=O) groups is 5. The Bertz CT molecular complexity index is 1530. The van der Waals surface area contributed by atoms with Gasteiger partial charge in [-0.15, -0.1) is 35.3 Å². The zero-order valence-electron chi connectivity index (χ0n) is 37.1. The fourth-order valence-electron chi connectivity index (χ4n) is 6.90. The van der Waals surface area contributed by atoms with Crippen LogP contribution in [-0.4, -0.2) is 213 Å². The lowest BCUT2D eigenvalue weighted by atomic mass is 10.0. The van der Waals surface area contributed by atoms with E-state index < -0.39 is 119 Å². The molecule has 0 spiro atoms. The summed E-state index contributed by atoms with van der Waals surface area (Å²) >= 11 is 3.29. The van der Waals surface area contributed by atoms with Gasteiger partial charge in [-0.2, -0.15) is 0 Å². The Morgan fingerprint density at radius 3 is 1.17 bits per heavy atom. The summed E-state index contributed by atoms with van der Waals surface area (Å²) in [6.45, 7) is 5.09. The second kappa shape index (κ2) is 30.7. The van der Waals surface area contributed by atoms with Crippen LogP contribution in [-0.2, 0) is 38.2 Å². The van der Waals surface area contributed by atoms with Gasteiger partial charge in [0.2, 0.25) is 23.6 Å². The van der Waals surface area contributed by atoms with Crippen molar-refractivity contribution in [3.8, 4) is 0 Å². The quantitative estimate of drug-likeness (QED) is 0.0295. The van der Waals surface area contributed by atoms with Crippen LogP contribution in [0.5, 0.6) is 0 Å². The van der Waals surface area contributed by atoms with Crippen molar-refractivity contribution >= 4 is 64.9 Å². The molecule has 24 nitrogen and oxygen atoms in total. The molecule has 14 N–H and O–H groups in total. The van der Waals surface area contributed by atoms with E-state index in [4.69, 9.17) is 25.0 Å². The molecule has 0 aliphatic carbocycles. The first-order valence-electron chi connectivity index (χ1n) is 21.7. The second-order valence-electron chi connectivity index (χ2n) is 16.1. The minimum Gasteiger partial charge on any atom is -0.480 e. The fraction of sp³-hybridized carbons (Fsp3) is 0.872. The minimum atomic E-state index is -1.45. The van der Waals surface area contributed by atoms with E-state index in [1.165, 1.54) is 6.92 Å². The molecular weight excluding hydrogens is 937 g/mol. The Balaban J connectivity index is 0.00000737. The summed E-state index contributed by atoms with van der Waals surface area (Å²) in [4.78, 5) is 63.5. The van der Waals surface area contributed by atoms with Crippen molar-refractivity contribution in [2.24, 2.45) is 0 Å². The number of nitrogens with one attached hydrogen (secondary N) is 4. The lowest BCUT2D eigenvalue weighted by Gasteiger charge is -2.38. The number of aliphatic hydroxyl groups is 9. The number of carboxylic acids is 1. The molecule has 66 heavy (non-hydrogen) atoms. The van der Waals surface area contributed by atoms with Crippen molar-refractivity contribution in [1.29, 1.82) is 10.8 Å². The number of hydrogen-bond donors (Lipinski definition) is 14. The summed E-state index contributed by atoms with van der Waals surface area (Å²) < 4.78 is 16.6. The van der Waals surface area contributed by atoms with Crippen LogP contribution in [0.25, 0.3) is 0 Å². The SMILES string of the molecule is C[C@@H]1O[C@H](SCCC(=O)NCCCC[C@H](NC(=O)[C@H](CCCCNC(=O)CCS[C@H]2O[C@@H](C)[C@@H](O)[C@@H](O)[C@@H]2O)NC(=O)CCS[C@H]2O[C@@H](C)[C@@H](O)[C@@H](O)[C@@H]2O)C(=O)O)[C@@H](O)[C@H](O)[C@@H]1O.N#N. The molecule has 3 saturated heterocycles. The largest absolute Gasteiger partial charge is 0.480 e. The number of carbonyl (C=O) groups excluding carboxylic acids is 4. The van der Waals surface area contributed by atoms with Gasteiger partial charge in [0, 0.05) is 60.4 Å². The molecule has 0 bridgehead atoms. The van der Waals surface area contributed by atoms with Crippen molar-refractivity contribution in [3.05, 3.63) is 0 Å². The third-order valence-electron chi connectivity index (χ3n) is 11.0. The van der Waals surface area contributed by atoms with Gasteiger partial charge < -0.3 is 86.5 Å². The van der Waals surface area contributed by atoms with E-state index in [1.54, 1.807) is 13.8 Å². The van der Waals surface area contributed by atoms with E-state index in [-0.39, 0.29) is 74.3 Å². The van der Waals surface area contributed by atoms with Gasteiger partial charge in [0.25, 0.3) is 0 Å². The molecule has 3 aliphatic rings. The van der Waals surface area contributed by atoms with E-state index >= 15 is 0 Å². The molecule has 380 valence electrons. The van der Waals surface area contributed by atoms with Crippen molar-refractivity contribution in [1.82, 2.24) is 21.3 Å². The Labute approximate surface area is 395 Å². The molecule has 0 unspecified atom stereocenters. The number of amides is 4. The van der Waals surface area contributed by atoms with Crippen LogP contribution < -0.4 is 21.3 Å². The number of aliphatic hydroxyl groups excluding tert-OH is 9. The van der Waals surface area contributed by atoms with Gasteiger partial charge in [0.15, 0.2) is 0 Å². The third kappa shape index (κ3) is 19.4. The Kier molecular flexibility index (Phi) is 27.7. The molecule has 3 aliphatic heterocycles. The normalized spacial score (nSPS) is 33.0. The van der Waals surface area contributed by atoms with Crippen LogP contribution in [0.4, 0.5) is 0 Å². The topological polar surface area (TPSA) is 411 Å². The zero-order chi connectivity index (χ0) is 49.7. The number of nitrogens with zero attached hydrogens (tertiary/aromatic N) is 2. The summed E-state index contributed by atoms with van der Waals surface area (Å²) in [6, 6.07) is -2.48. The first-order chi connectivity index (χ1) is 31.2. The number of carboxylic acid groups (broad SMARTS) is 1. The van der Waals surface area contributed by atoms with Gasteiger partial charge in [-0.3, -0.25) is 19.2 Å². The molecule has 0 aromatic rings. The molecule has 27 heteroatoms. The summed E-state index contributed by atoms with van der Waals surface area (Å²) in [7, 11) is 0. The third-order valence-corrected chi connectivity index (χ3v) is 14.5. The molecular formula is C39H68N6O18S3. The molecule has 0 aromatic heterocycles. The zero-order valence-corrected chi connectivity index (χ0v) is 39.5. The highest BCUT2D eigenvalue weighted by Crippen LogP contribution is 2.31. The molecule has 17 atom stereocenters. The first-order valence-corrected chi connectivity index (χ1v) is 24.9. The van der Waals surface area contributed by atoms with Crippen LogP contribution in [0.3, 0.4) is 0 Å². The monoisotopic (exact) mass is 1000 g/mol. The highest BCUT2D eigenvalue weighted by Gasteiger charge is 2.44. The first kappa shape index (κ1) is 59.5. The molecule has 3 fully saturated rings. The van der Waals surface area contributed by atoms with Crippen LogP contribution in [0.2, 0.25) is 0 Å². The van der Waals surface area contributed by atoms with E-state index in [9.17, 15) is 75.0 Å². The van der Waals surface area contributed by atoms with Crippen LogP contribution >= 0.6 is 35.3 Å². The lowest BCUT2D eigenvalue weighted by Crippen LogP contribution is -2.55. The predicted molar refractivity (Wildman–Crippen MR) is 237 cm³/mol. The molecule has 0 saturated carbocycles. The average molecular weight is 1010 g/mol. The number of rotatable bonds is 26. The van der Waals surface area contributed by atoms with Crippen LogP contribution in [0, 0.1) is 10.8 Å². The van der Waals surface area contributed by atoms with E-state index in [0.717, 1.165) is 35.3 Å². The number of thioether (sulfide) groups is 3. The highest BCUT2D eigenvalue weighted by atomic mass is 32.2. The molecule has 0 radical (unpaired) electrons. The van der Waals surface area contributed by atoms with E-state index in [0.29, 0.717) is 25.7 Å². The minimum absolute atomic E-state index is 0.00771. The highest BCUT2D eigenvalue weighted by molar-refractivity contribution is 8.00. The lowest BCUT2D eigenvalue weighted by molar-refractivity contribution is -0.192. The summed E-state index contributed by atoms with van der Waals surface area (Å²) in [5.41, 5.74) is -2.58. The van der Waals surface area contributed by atoms with Gasteiger partial charge in [-0.25, -0.2) is 4.79 Å². The number of hydrogen-bond acceptors (Lipinski definition) is 22. The Morgan fingerprint density at radius 2 is 0.818 bits per heavy atom. The fourth-order valence-corrected chi connectivity index (χ4v) is 10.3. The Morgan fingerprint density at radius 1 is 0.485 bits per heavy atom. The predicted octanol–water partition coefficient (Wildman–Crippen LogP) is -3.50. The van der Waals surface area contributed by atoms with Gasteiger partial charge in [0.1, 0.15) is 83.3 Å². The van der Waals surface area contributed by atoms with Crippen LogP contribution in [0.1, 0.15) is 78.6 Å². The average Bonchev–Trinajstić information content (AvgIpc) is 3.28. The van der Waals surface area contributed by atoms with Crippen molar-refractivity contribution < 1.29 is 89.2 Å². The van der Waals surface area contributed by atoms with E-state index in [1.807, 2.05) is 0 Å². The molecule has 4 amide bonds. The summed E-state index contributed by atoms with van der Waals surface area (Å²) in [5.74, 6) is -2.61. The molecule has 3 rings (SSSR count). The van der Waals surface area contributed by atoms with Gasteiger partial charge >= 0.3 is 5.97 Å². The summed E-state index contributed by atoms with van der Waals surface area (Å²) in [5, 5.41) is 123. The summed E-state index contributed by atoms with van der Waals surface area (Å²) in [6.07, 6.45) is -12.7. The van der Waals surface area contributed by atoms with Gasteiger partial charge in [0.05, 0.1) is 18.3 Å². The Hall–Kier alpha value is -2.66. The second-order valence-corrected chi connectivity index (χ2v) is 19.7. The number of aliphatic carboxylic acids is 1. The maximum Gasteiger partial charge on any atom is 0.326 e. The smallest absolute Gasteiger partial charge is 0.326 e. The number of unbranched alkanes of at least 4 members (excludes halogenated alkanes) is 2. The van der Waals surface area contributed by atoms with Gasteiger partial charge in [-0.05, 0) is 59.3 Å². The molecule has 3 heterocycles. The van der Waals surface area contributed by atoms with E-state index in [2.05, 4.69) is 21.3 Å². The van der Waals surface area contributed by atoms with Gasteiger partial charge in [-0.1, -0.05) is 0 Å². The van der Waals surface area contributed by atoms with Crippen LogP contribution in [0.15, 0.2) is 0 Å².